The molecule has 0 fully saturated rings. The maximum absolute atomic E-state index is 11.5. The van der Waals surface area contributed by atoms with E-state index in [-0.39, 0.29) is 17.7 Å². The van der Waals surface area contributed by atoms with Gasteiger partial charge >= 0.3 is 0 Å². The molecule has 98 valence electrons. The molecule has 0 heterocycles. The van der Waals surface area contributed by atoms with Crippen LogP contribution < -0.4 is 10.2 Å². The van der Waals surface area contributed by atoms with Crippen LogP contribution in [0, 0.1) is 5.92 Å². The Morgan fingerprint density at radius 2 is 2.00 bits per heavy atom. The van der Waals surface area contributed by atoms with E-state index in [4.69, 9.17) is 0 Å². The first kappa shape index (κ1) is 14.2. The van der Waals surface area contributed by atoms with Crippen molar-refractivity contribution in [3.8, 4) is 0 Å². The number of nitrogens with one attached hydrogen (secondary N) is 1. The fourth-order valence-electron chi connectivity index (χ4n) is 1.45. The average molecular weight is 248 g/mol. The van der Waals surface area contributed by atoms with E-state index in [2.05, 4.69) is 5.32 Å². The highest BCUT2D eigenvalue weighted by molar-refractivity contribution is 5.90. The van der Waals surface area contributed by atoms with Gasteiger partial charge in [0.05, 0.1) is 0 Å². The van der Waals surface area contributed by atoms with Gasteiger partial charge in [-0.05, 0) is 17.7 Å². The van der Waals surface area contributed by atoms with E-state index < -0.39 is 0 Å². The predicted octanol–water partition coefficient (Wildman–Crippen LogP) is 1.94. The molecule has 0 saturated heterocycles. The zero-order chi connectivity index (χ0) is 13.7. The van der Waals surface area contributed by atoms with Crippen molar-refractivity contribution in [2.24, 2.45) is 5.92 Å². The van der Waals surface area contributed by atoms with E-state index in [1.807, 2.05) is 38.1 Å². The van der Waals surface area contributed by atoms with Crippen molar-refractivity contribution >= 4 is 17.5 Å². The number of hydrogen-bond acceptors (Lipinski definition) is 2. The monoisotopic (exact) mass is 248 g/mol. The molecule has 0 atom stereocenters. The standard InChI is InChI=1S/C14H20N2O2/c1-10(2)14(18)15-9-12-6-5-7-13(8-12)16(4)11(3)17/h5-8,10H,9H2,1-4H3,(H,15,18). The van der Waals surface area contributed by atoms with Crippen LogP contribution in [0.3, 0.4) is 0 Å². The lowest BCUT2D eigenvalue weighted by atomic mass is 10.1. The normalized spacial score (nSPS) is 10.3. The summed E-state index contributed by atoms with van der Waals surface area (Å²) in [4.78, 5) is 24.3. The third-order valence-electron chi connectivity index (χ3n) is 2.76. The summed E-state index contributed by atoms with van der Waals surface area (Å²) in [5, 5.41) is 2.85. The number of carbonyl (C=O) groups is 2. The van der Waals surface area contributed by atoms with Crippen LogP contribution in [-0.2, 0) is 16.1 Å². The number of nitrogens with zero attached hydrogens (tertiary/aromatic N) is 1. The summed E-state index contributed by atoms with van der Waals surface area (Å²) >= 11 is 0. The Bertz CT molecular complexity index is 441. The molecule has 0 aliphatic rings. The van der Waals surface area contributed by atoms with Gasteiger partial charge in [-0.2, -0.15) is 0 Å². The van der Waals surface area contributed by atoms with Gasteiger partial charge < -0.3 is 10.2 Å². The van der Waals surface area contributed by atoms with Crippen molar-refractivity contribution in [2.45, 2.75) is 27.3 Å². The quantitative estimate of drug-likeness (QED) is 0.885. The summed E-state index contributed by atoms with van der Waals surface area (Å²) < 4.78 is 0. The zero-order valence-electron chi connectivity index (χ0n) is 11.4. The first-order valence-corrected chi connectivity index (χ1v) is 6.02. The molecule has 0 spiro atoms. The number of hydrogen-bond donors (Lipinski definition) is 1. The van der Waals surface area contributed by atoms with Gasteiger partial charge in [0.1, 0.15) is 0 Å². The van der Waals surface area contributed by atoms with E-state index in [0.717, 1.165) is 11.3 Å². The third-order valence-corrected chi connectivity index (χ3v) is 2.76. The highest BCUT2D eigenvalue weighted by Gasteiger charge is 2.08. The SMILES string of the molecule is CC(=O)N(C)c1cccc(CNC(=O)C(C)C)c1. The molecule has 18 heavy (non-hydrogen) atoms. The van der Waals surface area contributed by atoms with Crippen LogP contribution in [0.15, 0.2) is 24.3 Å². The minimum atomic E-state index is -0.0203. The Labute approximate surface area is 108 Å². The van der Waals surface area contributed by atoms with Crippen molar-refractivity contribution in [1.82, 2.24) is 5.32 Å². The number of rotatable bonds is 4. The van der Waals surface area contributed by atoms with Gasteiger partial charge in [0.2, 0.25) is 11.8 Å². The molecule has 0 unspecified atom stereocenters. The molecule has 0 aliphatic heterocycles. The zero-order valence-corrected chi connectivity index (χ0v) is 11.4. The summed E-state index contributed by atoms with van der Waals surface area (Å²) in [6.45, 7) is 5.72. The smallest absolute Gasteiger partial charge is 0.223 e. The second-order valence-electron chi connectivity index (χ2n) is 4.62. The summed E-state index contributed by atoms with van der Waals surface area (Å²) in [5.41, 5.74) is 1.81. The Kier molecular flexibility index (Phi) is 4.89. The number of carbonyl (C=O) groups excluding carboxylic acids is 2. The van der Waals surface area contributed by atoms with Gasteiger partial charge in [-0.1, -0.05) is 26.0 Å². The van der Waals surface area contributed by atoms with Crippen LogP contribution >= 0.6 is 0 Å². The van der Waals surface area contributed by atoms with Gasteiger partial charge in [0.25, 0.3) is 0 Å². The van der Waals surface area contributed by atoms with Crippen LogP contribution in [0.25, 0.3) is 0 Å². The minimum Gasteiger partial charge on any atom is -0.352 e. The van der Waals surface area contributed by atoms with Crippen molar-refractivity contribution in [3.63, 3.8) is 0 Å². The topological polar surface area (TPSA) is 49.4 Å². The average Bonchev–Trinajstić information content (AvgIpc) is 2.35. The Morgan fingerprint density at radius 1 is 1.33 bits per heavy atom. The van der Waals surface area contributed by atoms with Crippen molar-refractivity contribution in [2.75, 3.05) is 11.9 Å². The van der Waals surface area contributed by atoms with Crippen LogP contribution in [0.2, 0.25) is 0 Å². The Balaban J connectivity index is 2.71. The second-order valence-corrected chi connectivity index (χ2v) is 4.62. The third kappa shape index (κ3) is 3.87. The fourth-order valence-corrected chi connectivity index (χ4v) is 1.45. The molecule has 4 heteroatoms. The molecule has 0 aliphatic carbocycles. The molecular formula is C14H20N2O2. The van der Waals surface area contributed by atoms with Crippen molar-refractivity contribution in [3.05, 3.63) is 29.8 Å². The van der Waals surface area contributed by atoms with Crippen molar-refractivity contribution < 1.29 is 9.59 Å². The molecule has 4 nitrogen and oxygen atoms in total. The van der Waals surface area contributed by atoms with Crippen LogP contribution in [0.4, 0.5) is 5.69 Å². The number of anilines is 1. The summed E-state index contributed by atoms with van der Waals surface area (Å²) in [6.07, 6.45) is 0. The molecule has 1 N–H and O–H groups in total. The molecule has 0 aromatic heterocycles. The minimum absolute atomic E-state index is 0.0154. The van der Waals surface area contributed by atoms with Gasteiger partial charge in [0.15, 0.2) is 0 Å². The Morgan fingerprint density at radius 3 is 2.56 bits per heavy atom. The predicted molar refractivity (Wildman–Crippen MR) is 72.2 cm³/mol. The highest BCUT2D eigenvalue weighted by atomic mass is 16.2. The summed E-state index contributed by atoms with van der Waals surface area (Å²) in [5.74, 6) is -0.00762. The lowest BCUT2D eigenvalue weighted by molar-refractivity contribution is -0.124. The van der Waals surface area contributed by atoms with Gasteiger partial charge in [-0.3, -0.25) is 9.59 Å². The maximum atomic E-state index is 11.5. The Hall–Kier alpha value is -1.84. The molecule has 0 radical (unpaired) electrons. The van der Waals surface area contributed by atoms with E-state index in [1.165, 1.54) is 6.92 Å². The van der Waals surface area contributed by atoms with Gasteiger partial charge in [-0.25, -0.2) is 0 Å². The van der Waals surface area contributed by atoms with E-state index in [0.29, 0.717) is 6.54 Å². The molecular weight excluding hydrogens is 228 g/mol. The van der Waals surface area contributed by atoms with E-state index in [1.54, 1.807) is 11.9 Å². The molecule has 1 aromatic carbocycles. The maximum Gasteiger partial charge on any atom is 0.223 e. The van der Waals surface area contributed by atoms with Crippen LogP contribution in [0.5, 0.6) is 0 Å². The lowest BCUT2D eigenvalue weighted by Crippen LogP contribution is -2.27. The van der Waals surface area contributed by atoms with Crippen LogP contribution in [0.1, 0.15) is 26.3 Å². The number of benzene rings is 1. The van der Waals surface area contributed by atoms with Crippen molar-refractivity contribution in [1.29, 1.82) is 0 Å². The first-order chi connectivity index (χ1) is 8.41. The summed E-state index contributed by atoms with van der Waals surface area (Å²) in [6, 6.07) is 7.58. The largest absolute Gasteiger partial charge is 0.352 e. The van der Waals surface area contributed by atoms with E-state index >= 15 is 0 Å². The summed E-state index contributed by atoms with van der Waals surface area (Å²) in [7, 11) is 1.73. The second kappa shape index (κ2) is 6.19. The molecule has 2 amide bonds. The molecule has 1 aromatic rings. The fraction of sp³-hybridized carbons (Fsp3) is 0.429. The van der Waals surface area contributed by atoms with E-state index in [9.17, 15) is 9.59 Å². The lowest BCUT2D eigenvalue weighted by Gasteiger charge is -2.16. The molecule has 1 rings (SSSR count). The molecule has 0 saturated carbocycles. The van der Waals surface area contributed by atoms with Gasteiger partial charge in [-0.15, -0.1) is 0 Å². The first-order valence-electron chi connectivity index (χ1n) is 6.02. The van der Waals surface area contributed by atoms with Gasteiger partial charge in [0, 0.05) is 32.1 Å². The number of amides is 2. The molecule has 0 bridgehead atoms. The van der Waals surface area contributed by atoms with Crippen LogP contribution in [-0.4, -0.2) is 18.9 Å². The highest BCUT2D eigenvalue weighted by Crippen LogP contribution is 2.15.